The minimum atomic E-state index is -2.11. The molecule has 8 heteroatoms. The first-order valence-corrected chi connectivity index (χ1v) is 7.08. The first kappa shape index (κ1) is 20.0. The summed E-state index contributed by atoms with van der Waals surface area (Å²) in [6, 6.07) is 8.07. The number of esters is 1. The van der Waals surface area contributed by atoms with E-state index in [-0.39, 0.29) is 13.2 Å². The molecule has 0 spiro atoms. The van der Waals surface area contributed by atoms with Crippen molar-refractivity contribution in [1.82, 2.24) is 0 Å². The molecular formula is C16H20F2O6. The zero-order chi connectivity index (χ0) is 17.8. The lowest BCUT2D eigenvalue weighted by Gasteiger charge is -2.21. The van der Waals surface area contributed by atoms with E-state index in [4.69, 9.17) is 18.9 Å². The van der Waals surface area contributed by atoms with Crippen molar-refractivity contribution in [2.75, 3.05) is 40.8 Å². The number of hydrogen-bond acceptors (Lipinski definition) is 6. The van der Waals surface area contributed by atoms with E-state index in [1.165, 1.54) is 14.2 Å². The summed E-state index contributed by atoms with van der Waals surface area (Å²) in [5.41, 5.74) is 0.335. The summed E-state index contributed by atoms with van der Waals surface area (Å²) in [5, 5.41) is 0. The molecule has 6 nitrogen and oxygen atoms in total. The molecule has 24 heavy (non-hydrogen) atoms. The molecule has 1 aromatic carbocycles. The fourth-order valence-corrected chi connectivity index (χ4v) is 1.72. The largest absolute Gasteiger partial charge is 0.462 e. The minimum absolute atomic E-state index is 0.178. The van der Waals surface area contributed by atoms with Crippen LogP contribution >= 0.6 is 0 Å². The molecule has 0 N–H and O–H groups in total. The topological polar surface area (TPSA) is 63.2 Å². The van der Waals surface area contributed by atoms with Crippen LogP contribution in [0.3, 0.4) is 0 Å². The van der Waals surface area contributed by atoms with Gasteiger partial charge in [-0.1, -0.05) is 30.3 Å². The van der Waals surface area contributed by atoms with Crippen LogP contribution in [0.1, 0.15) is 11.7 Å². The highest BCUT2D eigenvalue weighted by atomic mass is 19.3. The van der Waals surface area contributed by atoms with E-state index < -0.39 is 30.7 Å². The highest BCUT2D eigenvalue weighted by molar-refractivity contribution is 5.71. The maximum Gasteiger partial charge on any atom is 0.333 e. The van der Waals surface area contributed by atoms with E-state index >= 15 is 0 Å². The molecule has 0 fully saturated rings. The van der Waals surface area contributed by atoms with Crippen LogP contribution in [0.25, 0.3) is 0 Å². The van der Waals surface area contributed by atoms with E-state index in [0.29, 0.717) is 12.2 Å². The lowest BCUT2D eigenvalue weighted by molar-refractivity contribution is -0.155. The Morgan fingerprint density at radius 3 is 2.38 bits per heavy atom. The summed E-state index contributed by atoms with van der Waals surface area (Å²) in [5.74, 6) is -1.59. The Labute approximate surface area is 138 Å². The van der Waals surface area contributed by atoms with Crippen LogP contribution in [0.2, 0.25) is 0 Å². The van der Waals surface area contributed by atoms with Gasteiger partial charge in [-0.15, -0.1) is 0 Å². The van der Waals surface area contributed by atoms with Gasteiger partial charge in [0.15, 0.2) is 12.9 Å². The Kier molecular flexibility index (Phi) is 9.59. The van der Waals surface area contributed by atoms with Gasteiger partial charge in [-0.05, 0) is 0 Å². The van der Waals surface area contributed by atoms with Crippen molar-refractivity contribution in [2.45, 2.75) is 6.10 Å². The number of carbonyl (C=O) groups is 1. The van der Waals surface area contributed by atoms with Crippen molar-refractivity contribution < 1.29 is 37.3 Å². The van der Waals surface area contributed by atoms with Crippen LogP contribution < -0.4 is 0 Å². The Balaban J connectivity index is 2.88. The average Bonchev–Trinajstić information content (AvgIpc) is 2.57. The molecule has 134 valence electrons. The molecular weight excluding hydrogens is 326 g/mol. The second-order valence-corrected chi connectivity index (χ2v) is 4.50. The van der Waals surface area contributed by atoms with Crippen molar-refractivity contribution in [3.8, 4) is 0 Å². The lowest BCUT2D eigenvalue weighted by atomic mass is 10.1. The van der Waals surface area contributed by atoms with Crippen LogP contribution in [0, 0.1) is 0 Å². The van der Waals surface area contributed by atoms with E-state index in [1.807, 2.05) is 0 Å². The highest BCUT2D eigenvalue weighted by Gasteiger charge is 2.27. The third-order valence-corrected chi connectivity index (χ3v) is 2.77. The monoisotopic (exact) mass is 346 g/mol. The van der Waals surface area contributed by atoms with Gasteiger partial charge in [0.25, 0.3) is 0 Å². The molecule has 0 heterocycles. The van der Waals surface area contributed by atoms with Gasteiger partial charge in [0.05, 0.1) is 13.2 Å². The van der Waals surface area contributed by atoms with Gasteiger partial charge < -0.3 is 23.7 Å². The summed E-state index contributed by atoms with van der Waals surface area (Å²) < 4.78 is 51.1. The van der Waals surface area contributed by atoms with Gasteiger partial charge >= 0.3 is 12.0 Å². The summed E-state index contributed by atoms with van der Waals surface area (Å²) in [4.78, 5) is 11.7. The number of benzene rings is 1. The van der Waals surface area contributed by atoms with Crippen molar-refractivity contribution >= 4 is 5.97 Å². The first-order valence-electron chi connectivity index (χ1n) is 7.08. The molecule has 0 amide bonds. The van der Waals surface area contributed by atoms with E-state index in [2.05, 4.69) is 4.74 Å². The Morgan fingerprint density at radius 1 is 1.08 bits per heavy atom. The standard InChI is InChI=1S/C16H20F2O6/c1-20-8-9-22-11-23-15(16(17)18)14(24-13(19)10-21-2)12-6-4-3-5-7-12/h3-7,14H,8-11H2,1-2H3. The van der Waals surface area contributed by atoms with Crippen LogP contribution in [-0.2, 0) is 28.5 Å². The molecule has 0 aliphatic heterocycles. The second kappa shape index (κ2) is 11.5. The molecule has 0 bridgehead atoms. The SMILES string of the molecule is COCCOCOC(=C(F)F)C(OC(=O)COC)c1ccccc1. The summed E-state index contributed by atoms with van der Waals surface area (Å²) in [6.45, 7) is -0.321. The Bertz CT molecular complexity index is 517. The maximum absolute atomic E-state index is 13.3. The Hall–Kier alpha value is -2.03. The van der Waals surface area contributed by atoms with Gasteiger partial charge in [-0.2, -0.15) is 8.78 Å². The molecule has 1 unspecified atom stereocenters. The van der Waals surface area contributed by atoms with E-state index in [0.717, 1.165) is 0 Å². The maximum atomic E-state index is 13.3. The van der Waals surface area contributed by atoms with E-state index in [1.54, 1.807) is 30.3 Å². The molecule has 0 saturated carbocycles. The predicted octanol–water partition coefficient (Wildman–Crippen LogP) is 2.66. The van der Waals surface area contributed by atoms with Gasteiger partial charge in [0, 0.05) is 19.8 Å². The highest BCUT2D eigenvalue weighted by Crippen LogP contribution is 2.30. The van der Waals surface area contributed by atoms with Gasteiger partial charge in [-0.25, -0.2) is 4.79 Å². The average molecular weight is 346 g/mol. The van der Waals surface area contributed by atoms with Crippen molar-refractivity contribution in [2.24, 2.45) is 0 Å². The first-order chi connectivity index (χ1) is 11.6. The molecule has 1 atom stereocenters. The molecule has 0 aromatic heterocycles. The summed E-state index contributed by atoms with van der Waals surface area (Å²) in [7, 11) is 2.78. The molecule has 1 rings (SSSR count). The number of methoxy groups -OCH3 is 2. The third-order valence-electron chi connectivity index (χ3n) is 2.77. The molecule has 0 aliphatic rings. The predicted molar refractivity (Wildman–Crippen MR) is 80.2 cm³/mol. The van der Waals surface area contributed by atoms with Crippen LogP contribution in [-0.4, -0.2) is 46.8 Å². The summed E-state index contributed by atoms with van der Waals surface area (Å²) in [6.07, 6.45) is -3.51. The van der Waals surface area contributed by atoms with Crippen molar-refractivity contribution in [3.63, 3.8) is 0 Å². The van der Waals surface area contributed by atoms with Gasteiger partial charge in [0.2, 0.25) is 5.76 Å². The van der Waals surface area contributed by atoms with Gasteiger partial charge in [-0.3, -0.25) is 0 Å². The third kappa shape index (κ3) is 7.03. The number of carbonyl (C=O) groups excluding carboxylic acids is 1. The number of ether oxygens (including phenoxy) is 5. The molecule has 0 aliphatic carbocycles. The number of rotatable bonds is 11. The number of hydrogen-bond donors (Lipinski definition) is 0. The molecule has 0 saturated heterocycles. The van der Waals surface area contributed by atoms with Crippen LogP contribution in [0.15, 0.2) is 42.2 Å². The van der Waals surface area contributed by atoms with Crippen LogP contribution in [0.5, 0.6) is 0 Å². The number of halogens is 2. The minimum Gasteiger partial charge on any atom is -0.462 e. The Morgan fingerprint density at radius 2 is 1.79 bits per heavy atom. The zero-order valence-corrected chi connectivity index (χ0v) is 13.5. The molecule has 1 aromatic rings. The lowest BCUT2D eigenvalue weighted by Crippen LogP contribution is -2.19. The fraction of sp³-hybridized carbons (Fsp3) is 0.438. The van der Waals surface area contributed by atoms with Crippen LogP contribution in [0.4, 0.5) is 8.78 Å². The van der Waals surface area contributed by atoms with E-state index in [9.17, 15) is 13.6 Å². The van der Waals surface area contributed by atoms with Crippen molar-refractivity contribution in [1.29, 1.82) is 0 Å². The fourth-order valence-electron chi connectivity index (χ4n) is 1.72. The quantitative estimate of drug-likeness (QED) is 0.266. The van der Waals surface area contributed by atoms with Gasteiger partial charge in [0.1, 0.15) is 6.61 Å². The normalized spacial score (nSPS) is 11.7. The zero-order valence-electron chi connectivity index (χ0n) is 13.5. The van der Waals surface area contributed by atoms with Crippen molar-refractivity contribution in [3.05, 3.63) is 47.7 Å². The second-order valence-electron chi connectivity index (χ2n) is 4.50. The summed E-state index contributed by atoms with van der Waals surface area (Å²) >= 11 is 0. The molecule has 0 radical (unpaired) electrons. The smallest absolute Gasteiger partial charge is 0.333 e.